The number of anilines is 1. The SMILES string of the molecule is CC(C)N1CCN(CCNC2CCN(c3cccc(-c4cc5cc(N=O)ccc5[nH]4)c3)CC2)CC1. The van der Waals surface area contributed by atoms with Crippen molar-refractivity contribution >= 4 is 22.3 Å². The van der Waals surface area contributed by atoms with Crippen LogP contribution in [0.5, 0.6) is 0 Å². The lowest BCUT2D eigenvalue weighted by Gasteiger charge is -2.37. The summed E-state index contributed by atoms with van der Waals surface area (Å²) >= 11 is 0. The molecule has 0 spiro atoms. The number of aromatic amines is 1. The van der Waals surface area contributed by atoms with Crippen molar-refractivity contribution in [1.82, 2.24) is 20.1 Å². The molecule has 2 aliphatic rings. The standard InChI is InChI=1S/C28H38N6O/c1-21(2)33-16-14-32(15-17-33)13-10-29-24-8-11-34(12-9-24)26-5-3-4-22(19-26)28-20-23-18-25(31-35)6-7-27(23)30-28/h3-7,18-21,24,29-30H,8-17H2,1-2H3. The summed E-state index contributed by atoms with van der Waals surface area (Å²) in [4.78, 5) is 22.0. The Labute approximate surface area is 208 Å². The number of rotatable bonds is 8. The summed E-state index contributed by atoms with van der Waals surface area (Å²) in [5, 5.41) is 7.88. The first-order valence-corrected chi connectivity index (χ1v) is 13.1. The predicted octanol–water partition coefficient (Wildman–Crippen LogP) is 4.82. The summed E-state index contributed by atoms with van der Waals surface area (Å²) in [5.41, 5.74) is 4.99. The fraction of sp³-hybridized carbons (Fsp3) is 0.500. The molecule has 2 aromatic carbocycles. The molecule has 0 unspecified atom stereocenters. The molecule has 0 atom stereocenters. The van der Waals surface area contributed by atoms with Gasteiger partial charge in [0.25, 0.3) is 0 Å². The van der Waals surface area contributed by atoms with Crippen molar-refractivity contribution in [3.05, 3.63) is 53.4 Å². The second kappa shape index (κ2) is 10.9. The van der Waals surface area contributed by atoms with Crippen LogP contribution in [0.3, 0.4) is 0 Å². The maximum atomic E-state index is 10.9. The van der Waals surface area contributed by atoms with Crippen LogP contribution in [0.1, 0.15) is 26.7 Å². The highest BCUT2D eigenvalue weighted by molar-refractivity contribution is 5.88. The van der Waals surface area contributed by atoms with E-state index >= 15 is 0 Å². The molecule has 1 aromatic heterocycles. The number of H-pyrrole nitrogens is 1. The zero-order valence-corrected chi connectivity index (χ0v) is 21.0. The van der Waals surface area contributed by atoms with Crippen LogP contribution in [0, 0.1) is 4.91 Å². The number of benzene rings is 2. The summed E-state index contributed by atoms with van der Waals surface area (Å²) in [7, 11) is 0. The molecule has 3 aromatic rings. The van der Waals surface area contributed by atoms with Gasteiger partial charge in [-0.25, -0.2) is 0 Å². The molecule has 3 heterocycles. The molecule has 5 rings (SSSR count). The van der Waals surface area contributed by atoms with Crippen LogP contribution in [-0.2, 0) is 0 Å². The Kier molecular flexibility index (Phi) is 7.46. The van der Waals surface area contributed by atoms with Gasteiger partial charge in [-0.2, -0.15) is 0 Å². The lowest BCUT2D eigenvalue weighted by atomic mass is 10.0. The van der Waals surface area contributed by atoms with Crippen molar-refractivity contribution in [1.29, 1.82) is 0 Å². The molecule has 35 heavy (non-hydrogen) atoms. The van der Waals surface area contributed by atoms with Gasteiger partial charge in [0, 0.05) is 86.7 Å². The number of nitroso groups, excluding NO2 is 1. The summed E-state index contributed by atoms with van der Waals surface area (Å²) in [5.74, 6) is 0. The van der Waals surface area contributed by atoms with E-state index in [1.165, 1.54) is 44.7 Å². The summed E-state index contributed by atoms with van der Waals surface area (Å²) in [6.07, 6.45) is 2.36. The third kappa shape index (κ3) is 5.74. The Balaban J connectivity index is 1.11. The van der Waals surface area contributed by atoms with Crippen molar-refractivity contribution in [2.45, 2.75) is 38.8 Å². The van der Waals surface area contributed by atoms with Crippen molar-refractivity contribution in [3.63, 3.8) is 0 Å². The number of hydrogen-bond acceptors (Lipinski definition) is 6. The Morgan fingerprint density at radius 3 is 2.54 bits per heavy atom. The minimum atomic E-state index is 0.460. The van der Waals surface area contributed by atoms with Crippen LogP contribution in [0.25, 0.3) is 22.2 Å². The Bertz CT molecular complexity index is 1130. The normalized spacial score (nSPS) is 18.5. The van der Waals surface area contributed by atoms with Gasteiger partial charge in [-0.3, -0.25) is 9.80 Å². The van der Waals surface area contributed by atoms with E-state index in [1.54, 1.807) is 6.07 Å². The molecule has 2 fully saturated rings. The molecule has 0 aliphatic carbocycles. The third-order valence-corrected chi connectivity index (χ3v) is 7.73. The van der Waals surface area contributed by atoms with E-state index < -0.39 is 0 Å². The van der Waals surface area contributed by atoms with Crippen molar-refractivity contribution in [3.8, 4) is 11.3 Å². The maximum absolute atomic E-state index is 10.9. The summed E-state index contributed by atoms with van der Waals surface area (Å²) in [6.45, 7) is 13.8. The monoisotopic (exact) mass is 474 g/mol. The molecule has 0 amide bonds. The average molecular weight is 475 g/mol. The van der Waals surface area contributed by atoms with E-state index in [1.807, 2.05) is 12.1 Å². The second-order valence-electron chi connectivity index (χ2n) is 10.3. The van der Waals surface area contributed by atoms with Gasteiger partial charge < -0.3 is 15.2 Å². The summed E-state index contributed by atoms with van der Waals surface area (Å²) < 4.78 is 0. The van der Waals surface area contributed by atoms with Gasteiger partial charge >= 0.3 is 0 Å². The largest absolute Gasteiger partial charge is 0.371 e. The highest BCUT2D eigenvalue weighted by atomic mass is 16.3. The first-order chi connectivity index (χ1) is 17.1. The minimum Gasteiger partial charge on any atom is -0.371 e. The molecule has 7 heteroatoms. The zero-order chi connectivity index (χ0) is 24.2. The van der Waals surface area contributed by atoms with Gasteiger partial charge in [-0.05, 0) is 73.8 Å². The number of nitrogens with zero attached hydrogens (tertiary/aromatic N) is 4. The van der Waals surface area contributed by atoms with Crippen molar-refractivity contribution in [2.24, 2.45) is 5.18 Å². The molecule has 0 radical (unpaired) electrons. The number of nitrogens with one attached hydrogen (secondary N) is 2. The van der Waals surface area contributed by atoms with E-state index in [4.69, 9.17) is 0 Å². The van der Waals surface area contributed by atoms with Crippen LogP contribution in [0.2, 0.25) is 0 Å². The Morgan fingerprint density at radius 1 is 1.00 bits per heavy atom. The topological polar surface area (TPSA) is 67.0 Å². The van der Waals surface area contributed by atoms with Crippen LogP contribution in [-0.4, -0.2) is 79.2 Å². The third-order valence-electron chi connectivity index (χ3n) is 7.73. The fourth-order valence-corrected chi connectivity index (χ4v) is 5.47. The summed E-state index contributed by atoms with van der Waals surface area (Å²) in [6, 6.07) is 17.6. The molecule has 2 N–H and O–H groups in total. The number of piperazine rings is 1. The Morgan fingerprint density at radius 2 is 1.80 bits per heavy atom. The quantitative estimate of drug-likeness (QED) is 0.458. The second-order valence-corrected chi connectivity index (χ2v) is 10.3. The maximum Gasteiger partial charge on any atom is 0.108 e. The Hall–Kier alpha value is -2.74. The molecular formula is C28H38N6O. The molecule has 0 bridgehead atoms. The average Bonchev–Trinajstić information content (AvgIpc) is 3.33. The van der Waals surface area contributed by atoms with E-state index in [2.05, 4.69) is 74.4 Å². The molecule has 0 saturated carbocycles. The molecule has 2 saturated heterocycles. The van der Waals surface area contributed by atoms with Gasteiger partial charge in [0.1, 0.15) is 5.69 Å². The number of hydrogen-bond donors (Lipinski definition) is 2. The van der Waals surface area contributed by atoms with Gasteiger partial charge in [-0.15, -0.1) is 4.91 Å². The van der Waals surface area contributed by atoms with Crippen LogP contribution < -0.4 is 10.2 Å². The molecule has 7 nitrogen and oxygen atoms in total. The lowest BCUT2D eigenvalue weighted by Crippen LogP contribution is -2.51. The molecular weight excluding hydrogens is 436 g/mol. The zero-order valence-electron chi connectivity index (χ0n) is 21.0. The number of fused-ring (bicyclic) bond motifs is 1. The van der Waals surface area contributed by atoms with E-state index in [-0.39, 0.29) is 0 Å². The fourth-order valence-electron chi connectivity index (χ4n) is 5.47. The smallest absolute Gasteiger partial charge is 0.108 e. The highest BCUT2D eigenvalue weighted by Crippen LogP contribution is 2.30. The van der Waals surface area contributed by atoms with Gasteiger partial charge in [0.15, 0.2) is 0 Å². The van der Waals surface area contributed by atoms with Crippen LogP contribution in [0.4, 0.5) is 11.4 Å². The lowest BCUT2D eigenvalue weighted by molar-refractivity contribution is 0.108. The minimum absolute atomic E-state index is 0.460. The van der Waals surface area contributed by atoms with E-state index in [9.17, 15) is 4.91 Å². The first kappa shape index (κ1) is 24.0. The van der Waals surface area contributed by atoms with Crippen molar-refractivity contribution < 1.29 is 0 Å². The van der Waals surface area contributed by atoms with Crippen LogP contribution >= 0.6 is 0 Å². The number of aromatic nitrogens is 1. The van der Waals surface area contributed by atoms with Gasteiger partial charge in [0.05, 0.1) is 0 Å². The molecule has 186 valence electrons. The van der Waals surface area contributed by atoms with Crippen LogP contribution in [0.15, 0.2) is 53.7 Å². The van der Waals surface area contributed by atoms with Crippen molar-refractivity contribution in [2.75, 3.05) is 57.3 Å². The molecule has 2 aliphatic heterocycles. The van der Waals surface area contributed by atoms with E-state index in [0.29, 0.717) is 17.8 Å². The van der Waals surface area contributed by atoms with Gasteiger partial charge in [0.2, 0.25) is 0 Å². The number of piperidine rings is 1. The van der Waals surface area contributed by atoms with E-state index in [0.717, 1.165) is 48.3 Å². The van der Waals surface area contributed by atoms with Gasteiger partial charge in [-0.1, -0.05) is 12.1 Å². The first-order valence-electron chi connectivity index (χ1n) is 13.1. The predicted molar refractivity (Wildman–Crippen MR) is 146 cm³/mol. The highest BCUT2D eigenvalue weighted by Gasteiger charge is 2.21.